The summed E-state index contributed by atoms with van der Waals surface area (Å²) in [6, 6.07) is 53.7. The van der Waals surface area contributed by atoms with Gasteiger partial charge in [-0.05, 0) is 111 Å². The highest BCUT2D eigenvalue weighted by Crippen LogP contribution is 2.54. The number of hydrogen-bond donors (Lipinski definition) is 0. The van der Waals surface area contributed by atoms with Gasteiger partial charge in [-0.3, -0.25) is 0 Å². The van der Waals surface area contributed by atoms with Crippen LogP contribution in [0.25, 0.3) is 94.4 Å². The van der Waals surface area contributed by atoms with Crippen molar-refractivity contribution < 1.29 is 0 Å². The maximum atomic E-state index is 5.31. The van der Waals surface area contributed by atoms with Gasteiger partial charge in [-0.15, -0.1) is 0 Å². The number of para-hydroxylation sites is 1. The van der Waals surface area contributed by atoms with Crippen LogP contribution in [-0.2, 0) is 10.8 Å². The molecule has 2 heterocycles. The van der Waals surface area contributed by atoms with Crippen molar-refractivity contribution in [1.29, 1.82) is 0 Å². The summed E-state index contributed by atoms with van der Waals surface area (Å²) in [6.07, 6.45) is 9.18. The molecule has 9 aromatic rings. The second kappa shape index (κ2) is 13.9. The third kappa shape index (κ3) is 5.49. The van der Waals surface area contributed by atoms with Crippen LogP contribution in [0.3, 0.4) is 0 Å². The lowest BCUT2D eigenvalue weighted by Gasteiger charge is -2.22. The highest BCUT2D eigenvalue weighted by atomic mass is 15.0. The molecule has 0 aliphatic heterocycles. The van der Waals surface area contributed by atoms with Crippen molar-refractivity contribution in [3.05, 3.63) is 186 Å². The number of aromatic nitrogens is 3. The van der Waals surface area contributed by atoms with E-state index in [-0.39, 0.29) is 10.8 Å². The summed E-state index contributed by atoms with van der Waals surface area (Å²) in [4.78, 5) is 10.5. The lowest BCUT2D eigenvalue weighted by atomic mass is 9.81. The number of hydrogen-bond acceptors (Lipinski definition) is 2. The van der Waals surface area contributed by atoms with E-state index in [4.69, 9.17) is 9.97 Å². The fourth-order valence-electron chi connectivity index (χ4n) is 10.6. The van der Waals surface area contributed by atoms with Gasteiger partial charge in [0.1, 0.15) is 0 Å². The topological polar surface area (TPSA) is 30.7 Å². The molecule has 3 aliphatic rings. The predicted molar refractivity (Wildman–Crippen MR) is 258 cm³/mol. The van der Waals surface area contributed by atoms with E-state index in [1.165, 1.54) is 83.1 Å². The third-order valence-electron chi connectivity index (χ3n) is 13.6. The average Bonchev–Trinajstić information content (AvgIpc) is 3.85. The van der Waals surface area contributed by atoms with Crippen LogP contribution in [0, 0.1) is 0 Å². The van der Waals surface area contributed by atoms with Crippen LogP contribution < -0.4 is 0 Å². The molecule has 0 saturated carbocycles. The molecule has 0 unspecified atom stereocenters. The molecule has 296 valence electrons. The molecule has 0 N–H and O–H groups in total. The zero-order chi connectivity index (χ0) is 41.6. The van der Waals surface area contributed by atoms with E-state index in [1.54, 1.807) is 0 Å². The number of fused-ring (bicyclic) bond motifs is 10. The second-order valence-corrected chi connectivity index (χ2v) is 17.7. The average molecular weight is 788 g/mol. The standard InChI is InChI=1S/C56H43N3.C2H6/c1-55(2)45-23-13-11-20-38(45)42-32-44-43-30-35(27-29-50(43)59(51(44)33-48(42)55)37-18-9-6-10-19-37)36-26-28-39-47(31-36)56(3,4)46-24-15-22-41(52(39)46)54-57-49-25-14-12-21-40(49)53(58-54)34-16-7-5-8-17-34;1-2/h5,7-9,11-33H,6,10H2,1-4H3;1-2H3. The van der Waals surface area contributed by atoms with E-state index in [0.717, 1.165) is 46.4 Å². The van der Waals surface area contributed by atoms with Gasteiger partial charge < -0.3 is 4.57 Å². The van der Waals surface area contributed by atoms with Gasteiger partial charge in [-0.25, -0.2) is 9.97 Å². The van der Waals surface area contributed by atoms with Crippen molar-refractivity contribution in [2.45, 2.75) is 65.2 Å². The monoisotopic (exact) mass is 787 g/mol. The Morgan fingerprint density at radius 2 is 1.16 bits per heavy atom. The Labute approximate surface area is 358 Å². The summed E-state index contributed by atoms with van der Waals surface area (Å²) in [7, 11) is 0. The van der Waals surface area contributed by atoms with Gasteiger partial charge in [0.15, 0.2) is 5.82 Å². The quantitative estimate of drug-likeness (QED) is 0.178. The zero-order valence-corrected chi connectivity index (χ0v) is 35.8. The van der Waals surface area contributed by atoms with Crippen LogP contribution in [0.15, 0.2) is 164 Å². The van der Waals surface area contributed by atoms with Gasteiger partial charge in [-0.2, -0.15) is 0 Å². The molecule has 0 radical (unpaired) electrons. The van der Waals surface area contributed by atoms with E-state index in [2.05, 4.69) is 196 Å². The van der Waals surface area contributed by atoms with E-state index < -0.39 is 0 Å². The minimum Gasteiger partial charge on any atom is -0.310 e. The van der Waals surface area contributed by atoms with Crippen LogP contribution in [-0.4, -0.2) is 14.5 Å². The molecule has 0 saturated heterocycles. The lowest BCUT2D eigenvalue weighted by molar-refractivity contribution is 0.660. The van der Waals surface area contributed by atoms with Crippen LogP contribution in [0.5, 0.6) is 0 Å². The maximum absolute atomic E-state index is 5.31. The molecule has 61 heavy (non-hydrogen) atoms. The van der Waals surface area contributed by atoms with E-state index in [0.29, 0.717) is 0 Å². The summed E-state index contributed by atoms with van der Waals surface area (Å²) in [5.41, 5.74) is 20.7. The maximum Gasteiger partial charge on any atom is 0.161 e. The number of rotatable bonds is 4. The van der Waals surface area contributed by atoms with E-state index in [1.807, 2.05) is 13.8 Å². The van der Waals surface area contributed by atoms with Crippen molar-refractivity contribution in [3.8, 4) is 56.0 Å². The van der Waals surface area contributed by atoms with Gasteiger partial charge in [0.05, 0.1) is 22.2 Å². The summed E-state index contributed by atoms with van der Waals surface area (Å²) < 4.78 is 2.51. The number of nitrogens with zero attached hydrogens (tertiary/aromatic N) is 3. The van der Waals surface area contributed by atoms with Gasteiger partial charge in [0.25, 0.3) is 0 Å². The fraction of sp³-hybridized carbons (Fsp3) is 0.172. The minimum atomic E-state index is -0.212. The molecule has 3 heteroatoms. The number of allylic oxidation sites excluding steroid dienone is 4. The van der Waals surface area contributed by atoms with E-state index in [9.17, 15) is 0 Å². The largest absolute Gasteiger partial charge is 0.310 e. The Morgan fingerprint density at radius 1 is 0.475 bits per heavy atom. The zero-order valence-electron chi connectivity index (χ0n) is 35.8. The summed E-state index contributed by atoms with van der Waals surface area (Å²) in [6.45, 7) is 13.5. The first-order valence-corrected chi connectivity index (χ1v) is 22.0. The fourth-order valence-corrected chi connectivity index (χ4v) is 10.6. The highest BCUT2D eigenvalue weighted by molar-refractivity contribution is 6.14. The van der Waals surface area contributed by atoms with Gasteiger partial charge in [0, 0.05) is 43.8 Å². The van der Waals surface area contributed by atoms with Crippen molar-refractivity contribution in [2.24, 2.45) is 0 Å². The molecule has 2 aromatic heterocycles. The van der Waals surface area contributed by atoms with Crippen molar-refractivity contribution in [2.75, 3.05) is 0 Å². The molecule has 0 amide bonds. The Hall–Kier alpha value is -6.84. The Balaban J connectivity index is 0.00000207. The first kappa shape index (κ1) is 37.2. The molecule has 12 rings (SSSR count). The Bertz CT molecular complexity index is 3320. The van der Waals surface area contributed by atoms with Gasteiger partial charge in [-0.1, -0.05) is 163 Å². The molecule has 0 spiro atoms. The third-order valence-corrected chi connectivity index (χ3v) is 13.6. The SMILES string of the molecule is CC.CC1(C)c2ccccc2-c2cc3c4cc(-c5ccc6c(c5)C(C)(C)c5cccc(-c7nc(-c8ccccc8)c8ccccc8n7)c5-6)ccc4n(C4=CCCC=C4)c3cc21. The predicted octanol–water partition coefficient (Wildman–Crippen LogP) is 15.6. The first-order valence-electron chi connectivity index (χ1n) is 22.0. The molecular weight excluding hydrogens is 739 g/mol. The lowest BCUT2D eigenvalue weighted by Crippen LogP contribution is -2.15. The molecule has 0 bridgehead atoms. The van der Waals surface area contributed by atoms with Crippen LogP contribution in [0.1, 0.15) is 76.6 Å². The van der Waals surface area contributed by atoms with Crippen molar-refractivity contribution >= 4 is 38.4 Å². The molecule has 3 nitrogen and oxygen atoms in total. The normalized spacial score (nSPS) is 15.2. The number of benzene rings is 7. The first-order chi connectivity index (χ1) is 29.8. The Kier molecular flexibility index (Phi) is 8.45. The molecular formula is C58H49N3. The van der Waals surface area contributed by atoms with Crippen LogP contribution in [0.2, 0.25) is 0 Å². The second-order valence-electron chi connectivity index (χ2n) is 17.7. The molecule has 0 fully saturated rings. The highest BCUT2D eigenvalue weighted by Gasteiger charge is 2.38. The van der Waals surface area contributed by atoms with Crippen LogP contribution >= 0.6 is 0 Å². The summed E-state index contributed by atoms with van der Waals surface area (Å²) >= 11 is 0. The van der Waals surface area contributed by atoms with Gasteiger partial charge >= 0.3 is 0 Å². The molecule has 7 aromatic carbocycles. The Morgan fingerprint density at radius 3 is 2.00 bits per heavy atom. The van der Waals surface area contributed by atoms with E-state index >= 15 is 0 Å². The molecule has 0 atom stereocenters. The van der Waals surface area contributed by atoms with Crippen LogP contribution in [0.4, 0.5) is 0 Å². The summed E-state index contributed by atoms with van der Waals surface area (Å²) in [5, 5.41) is 3.65. The summed E-state index contributed by atoms with van der Waals surface area (Å²) in [5.74, 6) is 0.759. The van der Waals surface area contributed by atoms with Crippen molar-refractivity contribution in [1.82, 2.24) is 14.5 Å². The molecule has 3 aliphatic carbocycles. The smallest absolute Gasteiger partial charge is 0.161 e. The van der Waals surface area contributed by atoms with Gasteiger partial charge in [0.2, 0.25) is 0 Å². The minimum absolute atomic E-state index is 0.0668. The van der Waals surface area contributed by atoms with Crippen molar-refractivity contribution in [3.63, 3.8) is 0 Å².